The minimum Gasteiger partial charge on any atom is -0.508 e. The average Bonchev–Trinajstić information content (AvgIpc) is 2.83. The largest absolute Gasteiger partial charge is 0.508 e. The maximum absolute atomic E-state index is 11.8. The van der Waals surface area contributed by atoms with Gasteiger partial charge in [-0.2, -0.15) is 0 Å². The minimum absolute atomic E-state index is 0.140. The summed E-state index contributed by atoms with van der Waals surface area (Å²) in [6, 6.07) is 9.19. The normalized spacial score (nSPS) is 11.3. The number of nitrogens with two attached hydrogens (primary N) is 1. The van der Waals surface area contributed by atoms with Crippen LogP contribution in [-0.2, 0) is 20.1 Å². The Kier molecular flexibility index (Phi) is 3.96. The summed E-state index contributed by atoms with van der Waals surface area (Å²) in [7, 11) is 2.05. The quantitative estimate of drug-likeness (QED) is 0.720. The van der Waals surface area contributed by atoms with Gasteiger partial charge in [0.25, 0.3) is 0 Å². The van der Waals surface area contributed by atoms with Gasteiger partial charge >= 0.3 is 5.63 Å². The van der Waals surface area contributed by atoms with Gasteiger partial charge in [0.15, 0.2) is 0 Å². The lowest BCUT2D eigenvalue weighted by Crippen LogP contribution is -2.81. The number of rotatable bonds is 4. The van der Waals surface area contributed by atoms with E-state index in [4.69, 9.17) is 4.42 Å². The predicted molar refractivity (Wildman–Crippen MR) is 88.4 cm³/mol. The summed E-state index contributed by atoms with van der Waals surface area (Å²) in [6.07, 6.45) is 0. The summed E-state index contributed by atoms with van der Waals surface area (Å²) < 4.78 is 7.43. The highest BCUT2D eigenvalue weighted by Crippen LogP contribution is 2.26. The fourth-order valence-corrected chi connectivity index (χ4v) is 2.83. The number of benzene rings is 1. The second-order valence-electron chi connectivity index (χ2n) is 5.90. The predicted octanol–water partition coefficient (Wildman–Crippen LogP) is 1.72. The minimum atomic E-state index is -0.385. The fraction of sp³-hybridized carbons (Fsp3) is 0.278. The van der Waals surface area contributed by atoms with Gasteiger partial charge in [0, 0.05) is 35.3 Å². The van der Waals surface area contributed by atoms with Crippen molar-refractivity contribution in [3.8, 4) is 5.75 Å². The summed E-state index contributed by atoms with van der Waals surface area (Å²) in [6.45, 7) is 5.34. The van der Waals surface area contributed by atoms with Gasteiger partial charge in [-0.3, -0.25) is 0 Å². The van der Waals surface area contributed by atoms with Crippen LogP contribution in [0.5, 0.6) is 5.75 Å². The Labute approximate surface area is 134 Å². The first kappa shape index (κ1) is 15.4. The zero-order chi connectivity index (χ0) is 16.6. The van der Waals surface area contributed by atoms with E-state index in [1.807, 2.05) is 0 Å². The molecule has 3 rings (SSSR count). The lowest BCUT2D eigenvalue weighted by atomic mass is 10.1. The number of fused-ring (bicyclic) bond motifs is 1. The zero-order valence-corrected chi connectivity index (χ0v) is 13.6. The average molecular weight is 313 g/mol. The fourth-order valence-electron chi connectivity index (χ4n) is 2.83. The highest BCUT2D eigenvalue weighted by Gasteiger charge is 2.12. The number of hydrogen-bond acceptors (Lipinski definition) is 3. The molecule has 0 fully saturated rings. The second kappa shape index (κ2) is 5.93. The van der Waals surface area contributed by atoms with E-state index in [1.165, 1.54) is 17.5 Å². The van der Waals surface area contributed by atoms with Crippen molar-refractivity contribution in [2.75, 3.05) is 0 Å². The van der Waals surface area contributed by atoms with Gasteiger partial charge in [0.05, 0.1) is 5.69 Å². The molecule has 3 N–H and O–H groups in total. The van der Waals surface area contributed by atoms with E-state index < -0.39 is 0 Å². The molecule has 0 spiro atoms. The van der Waals surface area contributed by atoms with Crippen LogP contribution in [0.1, 0.15) is 22.5 Å². The Morgan fingerprint density at radius 1 is 1.17 bits per heavy atom. The summed E-state index contributed by atoms with van der Waals surface area (Å²) in [5.74, 6) is 0.140. The molecule has 0 saturated heterocycles. The van der Waals surface area contributed by atoms with Crippen LogP contribution in [-0.4, -0.2) is 9.67 Å². The number of aromatic hydroxyl groups is 1. The molecule has 0 amide bonds. The van der Waals surface area contributed by atoms with E-state index in [2.05, 4.69) is 36.0 Å². The van der Waals surface area contributed by atoms with Gasteiger partial charge in [-0.1, -0.05) is 0 Å². The molecule has 23 heavy (non-hydrogen) atoms. The van der Waals surface area contributed by atoms with Gasteiger partial charge in [-0.25, -0.2) is 4.79 Å². The molecule has 0 unspecified atom stereocenters. The molecular weight excluding hydrogens is 292 g/mol. The molecule has 2 aromatic heterocycles. The molecule has 3 aromatic rings. The van der Waals surface area contributed by atoms with Crippen LogP contribution >= 0.6 is 0 Å². The van der Waals surface area contributed by atoms with Crippen LogP contribution in [0.15, 0.2) is 39.5 Å². The van der Waals surface area contributed by atoms with Gasteiger partial charge in [0.2, 0.25) is 0 Å². The molecule has 0 aliphatic heterocycles. The van der Waals surface area contributed by atoms with Crippen molar-refractivity contribution in [3.63, 3.8) is 0 Å². The first-order chi connectivity index (χ1) is 11.0. The molecule has 2 heterocycles. The molecule has 0 aliphatic carbocycles. The molecule has 0 radical (unpaired) electrons. The SMILES string of the molecule is Cc1c(O)ccc2c(C[NH2+]Cc3ccc(C)n3C)cc(=O)oc12. The van der Waals surface area contributed by atoms with Crippen LogP contribution in [0.4, 0.5) is 0 Å². The third-order valence-electron chi connectivity index (χ3n) is 4.41. The van der Waals surface area contributed by atoms with Crippen molar-refractivity contribution in [1.82, 2.24) is 4.57 Å². The smallest absolute Gasteiger partial charge is 0.336 e. The van der Waals surface area contributed by atoms with Crippen molar-refractivity contribution in [2.45, 2.75) is 26.9 Å². The molecule has 5 nitrogen and oxygen atoms in total. The highest BCUT2D eigenvalue weighted by molar-refractivity contribution is 5.84. The maximum Gasteiger partial charge on any atom is 0.336 e. The van der Waals surface area contributed by atoms with Crippen LogP contribution in [0.3, 0.4) is 0 Å². The molecule has 120 valence electrons. The third-order valence-corrected chi connectivity index (χ3v) is 4.41. The Morgan fingerprint density at radius 2 is 1.96 bits per heavy atom. The number of phenolic OH excluding ortho intramolecular Hbond substituents is 1. The first-order valence-electron chi connectivity index (χ1n) is 7.65. The molecule has 0 saturated carbocycles. The summed E-state index contributed by atoms with van der Waals surface area (Å²) in [4.78, 5) is 11.8. The molecule has 0 aliphatic rings. The van der Waals surface area contributed by atoms with Crippen LogP contribution in [0.2, 0.25) is 0 Å². The number of nitrogens with zero attached hydrogens (tertiary/aromatic N) is 1. The number of quaternary nitrogens is 1. The van der Waals surface area contributed by atoms with Gasteiger partial charge in [-0.05, 0) is 38.1 Å². The van der Waals surface area contributed by atoms with Crippen molar-refractivity contribution < 1.29 is 14.8 Å². The van der Waals surface area contributed by atoms with E-state index in [0.717, 1.165) is 17.5 Å². The van der Waals surface area contributed by atoms with Crippen molar-refractivity contribution >= 4 is 11.0 Å². The van der Waals surface area contributed by atoms with Crippen molar-refractivity contribution in [3.05, 3.63) is 63.3 Å². The molecular formula is C18H21N2O3+. The Morgan fingerprint density at radius 3 is 2.65 bits per heavy atom. The Bertz CT molecular complexity index is 922. The number of hydrogen-bond donors (Lipinski definition) is 2. The summed E-state index contributed by atoms with van der Waals surface area (Å²) in [5.41, 5.74) is 4.07. The summed E-state index contributed by atoms with van der Waals surface area (Å²) in [5, 5.41) is 12.8. The number of aromatic nitrogens is 1. The number of phenols is 1. The van der Waals surface area contributed by atoms with Gasteiger partial charge in [-0.15, -0.1) is 0 Å². The van der Waals surface area contributed by atoms with E-state index >= 15 is 0 Å². The molecule has 1 aromatic carbocycles. The highest BCUT2D eigenvalue weighted by atomic mass is 16.4. The van der Waals surface area contributed by atoms with Crippen molar-refractivity contribution in [2.24, 2.45) is 7.05 Å². The third kappa shape index (κ3) is 2.87. The van der Waals surface area contributed by atoms with E-state index in [-0.39, 0.29) is 11.4 Å². The van der Waals surface area contributed by atoms with Gasteiger partial charge in [0.1, 0.15) is 24.4 Å². The number of aryl methyl sites for hydroxylation is 2. The van der Waals surface area contributed by atoms with Crippen molar-refractivity contribution in [1.29, 1.82) is 0 Å². The van der Waals surface area contributed by atoms with E-state index in [1.54, 1.807) is 19.1 Å². The standard InChI is InChI=1S/C18H20N2O3/c1-11-4-5-14(20(11)3)10-19-9-13-8-17(22)23-18-12(2)16(21)7-6-15(13)18/h4-8,19,21H,9-10H2,1-3H3/p+1. The lowest BCUT2D eigenvalue weighted by Gasteiger charge is -2.08. The van der Waals surface area contributed by atoms with E-state index in [9.17, 15) is 9.90 Å². The topological polar surface area (TPSA) is 72.0 Å². The van der Waals surface area contributed by atoms with Gasteiger partial charge < -0.3 is 19.4 Å². The Balaban J connectivity index is 1.87. The van der Waals surface area contributed by atoms with Crippen LogP contribution in [0.25, 0.3) is 11.0 Å². The second-order valence-corrected chi connectivity index (χ2v) is 5.90. The Hall–Kier alpha value is -2.53. The van der Waals surface area contributed by atoms with E-state index in [0.29, 0.717) is 17.7 Å². The lowest BCUT2D eigenvalue weighted by molar-refractivity contribution is -0.686. The summed E-state index contributed by atoms with van der Waals surface area (Å²) >= 11 is 0. The van der Waals surface area contributed by atoms with Crippen LogP contribution < -0.4 is 10.9 Å². The van der Waals surface area contributed by atoms with Crippen LogP contribution in [0, 0.1) is 13.8 Å². The first-order valence-corrected chi connectivity index (χ1v) is 7.65. The maximum atomic E-state index is 11.8. The molecule has 5 heteroatoms. The monoisotopic (exact) mass is 313 g/mol. The molecule has 0 bridgehead atoms. The zero-order valence-electron chi connectivity index (χ0n) is 13.6. The molecule has 0 atom stereocenters.